The number of aromatic nitrogens is 2. The third-order valence-corrected chi connectivity index (χ3v) is 7.20. The smallest absolute Gasteiger partial charge is 0.269 e. The number of rotatable bonds is 4. The number of piperazine rings is 1. The van der Waals surface area contributed by atoms with Crippen molar-refractivity contribution in [2.24, 2.45) is 0 Å². The zero-order valence-corrected chi connectivity index (χ0v) is 17.5. The maximum absolute atomic E-state index is 14.0. The molecule has 1 fully saturated rings. The third kappa shape index (κ3) is 3.47. The van der Waals surface area contributed by atoms with Crippen molar-refractivity contribution in [3.05, 3.63) is 78.9 Å². The molecular weight excluding hydrogens is 415 g/mol. The molecule has 2 aromatic heterocycles. The molecule has 5 rings (SSSR count). The summed E-state index contributed by atoms with van der Waals surface area (Å²) < 4.78 is 41.7. The van der Waals surface area contributed by atoms with Gasteiger partial charge in [0, 0.05) is 49.5 Å². The second-order valence-corrected chi connectivity index (χ2v) is 9.25. The van der Waals surface area contributed by atoms with Crippen LogP contribution in [0.2, 0.25) is 0 Å². The fourth-order valence-corrected chi connectivity index (χ4v) is 5.37. The number of anilines is 1. The monoisotopic (exact) mass is 436 g/mol. The van der Waals surface area contributed by atoms with E-state index in [2.05, 4.69) is 15.2 Å². The number of pyridine rings is 1. The second-order valence-electron chi connectivity index (χ2n) is 7.43. The van der Waals surface area contributed by atoms with E-state index in [4.69, 9.17) is 0 Å². The average molecular weight is 437 g/mol. The summed E-state index contributed by atoms with van der Waals surface area (Å²) in [7, 11) is -3.79. The van der Waals surface area contributed by atoms with Gasteiger partial charge in [-0.2, -0.15) is 0 Å². The van der Waals surface area contributed by atoms with Crippen molar-refractivity contribution < 1.29 is 12.8 Å². The molecule has 0 unspecified atom stereocenters. The SMILES string of the molecule is O=S(=O)(c1ccccc1)n1ccc2c(N3CCNCC3)c(-c3cccc(F)c3)cnc21. The van der Waals surface area contributed by atoms with Gasteiger partial charge in [0.25, 0.3) is 10.0 Å². The van der Waals surface area contributed by atoms with E-state index in [-0.39, 0.29) is 10.7 Å². The molecule has 0 bridgehead atoms. The van der Waals surface area contributed by atoms with Crippen LogP contribution in [0.15, 0.2) is 78.0 Å². The van der Waals surface area contributed by atoms with Crippen LogP contribution in [0.5, 0.6) is 0 Å². The molecule has 3 heterocycles. The van der Waals surface area contributed by atoms with E-state index in [1.807, 2.05) is 6.07 Å². The number of fused-ring (bicyclic) bond motifs is 1. The van der Waals surface area contributed by atoms with Crippen molar-refractivity contribution in [1.29, 1.82) is 0 Å². The molecule has 6 nitrogen and oxygen atoms in total. The van der Waals surface area contributed by atoms with Crippen molar-refractivity contribution in [2.75, 3.05) is 31.1 Å². The first-order valence-electron chi connectivity index (χ1n) is 10.1. The molecular formula is C23H21FN4O2S. The number of hydrogen-bond donors (Lipinski definition) is 1. The van der Waals surface area contributed by atoms with Crippen molar-refractivity contribution in [1.82, 2.24) is 14.3 Å². The van der Waals surface area contributed by atoms with E-state index in [0.717, 1.165) is 42.8 Å². The summed E-state index contributed by atoms with van der Waals surface area (Å²) in [5.74, 6) is -0.326. The van der Waals surface area contributed by atoms with Crippen LogP contribution in [-0.4, -0.2) is 43.6 Å². The van der Waals surface area contributed by atoms with Gasteiger partial charge in [0.05, 0.1) is 10.6 Å². The van der Waals surface area contributed by atoms with E-state index < -0.39 is 10.0 Å². The summed E-state index contributed by atoms with van der Waals surface area (Å²) in [6.45, 7) is 3.15. The fourth-order valence-electron chi connectivity index (χ4n) is 4.05. The van der Waals surface area contributed by atoms with Gasteiger partial charge in [0.15, 0.2) is 5.65 Å². The molecule has 0 spiro atoms. The van der Waals surface area contributed by atoms with E-state index in [0.29, 0.717) is 11.2 Å². The highest BCUT2D eigenvalue weighted by molar-refractivity contribution is 7.90. The Balaban J connectivity index is 1.74. The standard InChI is InChI=1S/C23H21FN4O2S/c24-18-6-4-5-17(15-18)21-16-26-23-20(22(21)27-13-10-25-11-14-27)9-12-28(23)31(29,30)19-7-2-1-3-8-19/h1-9,12,15-16,25H,10-11,13-14H2. The first-order valence-corrected chi connectivity index (χ1v) is 11.5. The maximum Gasteiger partial charge on any atom is 0.269 e. The fraction of sp³-hybridized carbons (Fsp3) is 0.174. The molecule has 4 aromatic rings. The van der Waals surface area contributed by atoms with Crippen LogP contribution in [0.4, 0.5) is 10.1 Å². The Morgan fingerprint density at radius 1 is 0.968 bits per heavy atom. The molecule has 2 aromatic carbocycles. The largest absolute Gasteiger partial charge is 0.368 e. The van der Waals surface area contributed by atoms with Crippen molar-refractivity contribution in [3.8, 4) is 11.1 Å². The van der Waals surface area contributed by atoms with Gasteiger partial charge in [0.1, 0.15) is 5.82 Å². The minimum absolute atomic E-state index is 0.201. The Kier molecular flexibility index (Phi) is 4.95. The number of nitrogens with one attached hydrogen (secondary N) is 1. The summed E-state index contributed by atoms with van der Waals surface area (Å²) in [4.78, 5) is 6.92. The summed E-state index contributed by atoms with van der Waals surface area (Å²) in [6, 6.07) is 16.5. The van der Waals surface area contributed by atoms with Gasteiger partial charge in [-0.1, -0.05) is 30.3 Å². The topological polar surface area (TPSA) is 67.2 Å². The molecule has 1 saturated heterocycles. The van der Waals surface area contributed by atoms with Gasteiger partial charge in [-0.05, 0) is 35.9 Å². The van der Waals surface area contributed by atoms with Crippen molar-refractivity contribution in [2.45, 2.75) is 4.90 Å². The Morgan fingerprint density at radius 2 is 1.74 bits per heavy atom. The third-order valence-electron chi connectivity index (χ3n) is 5.52. The predicted octanol–water partition coefficient (Wildman–Crippen LogP) is 3.49. The second kappa shape index (κ2) is 7.79. The van der Waals surface area contributed by atoms with Gasteiger partial charge in [-0.3, -0.25) is 0 Å². The van der Waals surface area contributed by atoms with Crippen LogP contribution in [0.25, 0.3) is 22.2 Å². The van der Waals surface area contributed by atoms with E-state index in [1.54, 1.807) is 54.9 Å². The Hall–Kier alpha value is -3.23. The van der Waals surface area contributed by atoms with Gasteiger partial charge >= 0.3 is 0 Å². The summed E-state index contributed by atoms with van der Waals surface area (Å²) in [6.07, 6.45) is 3.19. The van der Waals surface area contributed by atoms with E-state index in [1.165, 1.54) is 16.1 Å². The Morgan fingerprint density at radius 3 is 2.48 bits per heavy atom. The lowest BCUT2D eigenvalue weighted by atomic mass is 10.0. The molecule has 0 aliphatic carbocycles. The highest BCUT2D eigenvalue weighted by Crippen LogP contribution is 2.38. The Bertz CT molecular complexity index is 1350. The molecule has 0 saturated carbocycles. The average Bonchev–Trinajstić information content (AvgIpc) is 3.25. The number of hydrogen-bond acceptors (Lipinski definition) is 5. The highest BCUT2D eigenvalue weighted by Gasteiger charge is 2.25. The summed E-state index contributed by atoms with van der Waals surface area (Å²) in [5.41, 5.74) is 2.72. The number of benzene rings is 2. The molecule has 1 N–H and O–H groups in total. The van der Waals surface area contributed by atoms with Crippen molar-refractivity contribution >= 4 is 26.7 Å². The lowest BCUT2D eigenvalue weighted by Crippen LogP contribution is -2.43. The van der Waals surface area contributed by atoms with Crippen LogP contribution in [0.3, 0.4) is 0 Å². The minimum Gasteiger partial charge on any atom is -0.368 e. The quantitative estimate of drug-likeness (QED) is 0.531. The Labute approximate surface area is 180 Å². The van der Waals surface area contributed by atoms with Crippen LogP contribution >= 0.6 is 0 Å². The number of nitrogens with zero attached hydrogens (tertiary/aromatic N) is 3. The molecule has 0 atom stereocenters. The molecule has 31 heavy (non-hydrogen) atoms. The van der Waals surface area contributed by atoms with Crippen molar-refractivity contribution in [3.63, 3.8) is 0 Å². The first-order chi connectivity index (χ1) is 15.1. The molecule has 1 aliphatic rings. The molecule has 0 amide bonds. The lowest BCUT2D eigenvalue weighted by molar-refractivity contribution is 0.588. The maximum atomic E-state index is 14.0. The van der Waals surface area contributed by atoms with Gasteiger partial charge in [0.2, 0.25) is 0 Å². The van der Waals surface area contributed by atoms with Crippen LogP contribution in [-0.2, 0) is 10.0 Å². The minimum atomic E-state index is -3.79. The normalized spacial score (nSPS) is 14.8. The van der Waals surface area contributed by atoms with Gasteiger partial charge in [-0.15, -0.1) is 0 Å². The van der Waals surface area contributed by atoms with Crippen LogP contribution in [0.1, 0.15) is 0 Å². The molecule has 0 radical (unpaired) electrons. The summed E-state index contributed by atoms with van der Waals surface area (Å²) in [5, 5.41) is 4.06. The lowest BCUT2D eigenvalue weighted by Gasteiger charge is -2.31. The van der Waals surface area contributed by atoms with Crippen LogP contribution < -0.4 is 10.2 Å². The first kappa shape index (κ1) is 19.7. The van der Waals surface area contributed by atoms with Crippen LogP contribution in [0, 0.1) is 5.82 Å². The van der Waals surface area contributed by atoms with Gasteiger partial charge in [-0.25, -0.2) is 21.8 Å². The zero-order chi connectivity index (χ0) is 21.4. The molecule has 8 heteroatoms. The van der Waals surface area contributed by atoms with Gasteiger partial charge < -0.3 is 10.2 Å². The molecule has 158 valence electrons. The predicted molar refractivity (Wildman–Crippen MR) is 119 cm³/mol. The number of halogens is 1. The van der Waals surface area contributed by atoms with E-state index in [9.17, 15) is 12.8 Å². The molecule has 1 aliphatic heterocycles. The van der Waals surface area contributed by atoms with E-state index >= 15 is 0 Å². The summed E-state index contributed by atoms with van der Waals surface area (Å²) >= 11 is 0. The highest BCUT2D eigenvalue weighted by atomic mass is 32.2. The zero-order valence-electron chi connectivity index (χ0n) is 16.7.